The predicted molar refractivity (Wildman–Crippen MR) is 59.4 cm³/mol. The molecular weight excluding hydrogens is 190 g/mol. The van der Waals surface area contributed by atoms with Crippen molar-refractivity contribution < 1.29 is 4.79 Å². The zero-order valence-corrected chi connectivity index (χ0v) is 9.24. The molecule has 1 saturated carbocycles. The summed E-state index contributed by atoms with van der Waals surface area (Å²) in [5.41, 5.74) is 5.34. The number of piperidine rings is 1. The van der Waals surface area contributed by atoms with Gasteiger partial charge in [0.1, 0.15) is 0 Å². The standard InChI is InChI=1S/C11H21N3O/c12-11(15)9-2-1-6-14(8-9)7-5-13-10-3-4-10/h9-10,13H,1-8H2,(H2,12,15). The van der Waals surface area contributed by atoms with E-state index < -0.39 is 0 Å². The van der Waals surface area contributed by atoms with Crippen LogP contribution in [-0.4, -0.2) is 43.0 Å². The molecule has 1 saturated heterocycles. The molecular formula is C11H21N3O. The number of amides is 1. The summed E-state index contributed by atoms with van der Waals surface area (Å²) in [4.78, 5) is 13.4. The summed E-state index contributed by atoms with van der Waals surface area (Å²) in [7, 11) is 0. The minimum atomic E-state index is -0.130. The first-order chi connectivity index (χ1) is 7.25. The lowest BCUT2D eigenvalue weighted by molar-refractivity contribution is -0.123. The quantitative estimate of drug-likeness (QED) is 0.669. The highest BCUT2D eigenvalue weighted by molar-refractivity contribution is 5.76. The van der Waals surface area contributed by atoms with E-state index in [1.165, 1.54) is 12.8 Å². The normalized spacial score (nSPS) is 27.9. The van der Waals surface area contributed by atoms with Gasteiger partial charge in [-0.2, -0.15) is 0 Å². The van der Waals surface area contributed by atoms with E-state index >= 15 is 0 Å². The van der Waals surface area contributed by atoms with Gasteiger partial charge in [-0.25, -0.2) is 0 Å². The molecule has 4 nitrogen and oxygen atoms in total. The molecule has 86 valence electrons. The van der Waals surface area contributed by atoms with Gasteiger partial charge in [0.2, 0.25) is 5.91 Å². The lowest BCUT2D eigenvalue weighted by atomic mass is 9.97. The molecule has 1 unspecified atom stereocenters. The Morgan fingerprint density at radius 3 is 2.87 bits per heavy atom. The number of hydrogen-bond donors (Lipinski definition) is 2. The molecule has 1 atom stereocenters. The number of carbonyl (C=O) groups is 1. The SMILES string of the molecule is NC(=O)C1CCCN(CCNC2CC2)C1. The highest BCUT2D eigenvalue weighted by atomic mass is 16.1. The van der Waals surface area contributed by atoms with Gasteiger partial charge in [-0.05, 0) is 32.2 Å². The molecule has 0 bridgehead atoms. The Bertz CT molecular complexity index is 228. The fourth-order valence-corrected chi connectivity index (χ4v) is 2.21. The number of likely N-dealkylation sites (tertiary alicyclic amines) is 1. The predicted octanol–water partition coefficient (Wildman–Crippen LogP) is -0.0643. The lowest BCUT2D eigenvalue weighted by Crippen LogP contribution is -2.43. The Kier molecular flexibility index (Phi) is 3.59. The third-order valence-electron chi connectivity index (χ3n) is 3.35. The van der Waals surface area contributed by atoms with E-state index in [4.69, 9.17) is 5.73 Å². The molecule has 0 aromatic carbocycles. The molecule has 2 rings (SSSR count). The number of nitrogens with two attached hydrogens (primary N) is 1. The molecule has 4 heteroatoms. The van der Waals surface area contributed by atoms with Crippen LogP contribution in [0, 0.1) is 5.92 Å². The Hall–Kier alpha value is -0.610. The van der Waals surface area contributed by atoms with E-state index in [0.29, 0.717) is 0 Å². The second-order valence-corrected chi connectivity index (χ2v) is 4.77. The molecule has 1 aliphatic heterocycles. The van der Waals surface area contributed by atoms with E-state index in [-0.39, 0.29) is 11.8 Å². The Labute approximate surface area is 91.2 Å². The van der Waals surface area contributed by atoms with Crippen molar-refractivity contribution in [1.82, 2.24) is 10.2 Å². The van der Waals surface area contributed by atoms with E-state index in [0.717, 1.165) is 45.1 Å². The van der Waals surface area contributed by atoms with Gasteiger partial charge in [-0.1, -0.05) is 0 Å². The fraction of sp³-hybridized carbons (Fsp3) is 0.909. The molecule has 1 aliphatic carbocycles. The number of nitrogens with one attached hydrogen (secondary N) is 1. The van der Waals surface area contributed by atoms with Crippen molar-refractivity contribution in [3.63, 3.8) is 0 Å². The number of primary amides is 1. The largest absolute Gasteiger partial charge is 0.369 e. The van der Waals surface area contributed by atoms with E-state index in [1.807, 2.05) is 0 Å². The van der Waals surface area contributed by atoms with Gasteiger partial charge < -0.3 is 16.0 Å². The number of hydrogen-bond acceptors (Lipinski definition) is 3. The molecule has 0 spiro atoms. The van der Waals surface area contributed by atoms with Crippen molar-refractivity contribution in [2.45, 2.75) is 31.7 Å². The van der Waals surface area contributed by atoms with Crippen LogP contribution in [0.25, 0.3) is 0 Å². The van der Waals surface area contributed by atoms with Crippen LogP contribution >= 0.6 is 0 Å². The molecule has 0 aromatic heterocycles. The van der Waals surface area contributed by atoms with Gasteiger partial charge in [0.25, 0.3) is 0 Å². The van der Waals surface area contributed by atoms with E-state index in [2.05, 4.69) is 10.2 Å². The van der Waals surface area contributed by atoms with Crippen molar-refractivity contribution in [2.75, 3.05) is 26.2 Å². The van der Waals surface area contributed by atoms with Crippen molar-refractivity contribution in [3.05, 3.63) is 0 Å². The number of carbonyl (C=O) groups excluding carboxylic acids is 1. The maximum atomic E-state index is 11.1. The van der Waals surface area contributed by atoms with Crippen LogP contribution in [0.15, 0.2) is 0 Å². The summed E-state index contributed by atoms with van der Waals surface area (Å²) in [6, 6.07) is 0.779. The van der Waals surface area contributed by atoms with Gasteiger partial charge in [0.15, 0.2) is 0 Å². The van der Waals surface area contributed by atoms with Gasteiger partial charge in [-0.15, -0.1) is 0 Å². The van der Waals surface area contributed by atoms with Crippen LogP contribution < -0.4 is 11.1 Å². The Balaban J connectivity index is 1.64. The van der Waals surface area contributed by atoms with Crippen LogP contribution in [0.1, 0.15) is 25.7 Å². The van der Waals surface area contributed by atoms with Crippen molar-refractivity contribution in [2.24, 2.45) is 11.7 Å². The van der Waals surface area contributed by atoms with Crippen molar-refractivity contribution in [3.8, 4) is 0 Å². The van der Waals surface area contributed by atoms with Crippen LogP contribution in [0.2, 0.25) is 0 Å². The zero-order chi connectivity index (χ0) is 10.7. The summed E-state index contributed by atoms with van der Waals surface area (Å²) in [5.74, 6) is -0.0467. The lowest BCUT2D eigenvalue weighted by Gasteiger charge is -2.31. The second kappa shape index (κ2) is 4.94. The smallest absolute Gasteiger partial charge is 0.221 e. The first-order valence-electron chi connectivity index (χ1n) is 6.01. The Morgan fingerprint density at radius 2 is 2.20 bits per heavy atom. The van der Waals surface area contributed by atoms with Gasteiger partial charge >= 0.3 is 0 Å². The molecule has 3 N–H and O–H groups in total. The third-order valence-corrected chi connectivity index (χ3v) is 3.35. The van der Waals surface area contributed by atoms with Gasteiger partial charge in [0.05, 0.1) is 5.92 Å². The number of nitrogens with zero attached hydrogens (tertiary/aromatic N) is 1. The summed E-state index contributed by atoms with van der Waals surface area (Å²) < 4.78 is 0. The van der Waals surface area contributed by atoms with Crippen molar-refractivity contribution >= 4 is 5.91 Å². The van der Waals surface area contributed by atoms with E-state index in [9.17, 15) is 4.79 Å². The first kappa shape index (κ1) is 10.9. The average Bonchev–Trinajstić information content (AvgIpc) is 3.02. The fourth-order valence-electron chi connectivity index (χ4n) is 2.21. The molecule has 0 aromatic rings. The topological polar surface area (TPSA) is 58.4 Å². The van der Waals surface area contributed by atoms with Gasteiger partial charge in [-0.3, -0.25) is 4.79 Å². The minimum absolute atomic E-state index is 0.0830. The van der Waals surface area contributed by atoms with Gasteiger partial charge in [0, 0.05) is 25.7 Å². The minimum Gasteiger partial charge on any atom is -0.369 e. The molecule has 1 heterocycles. The maximum Gasteiger partial charge on any atom is 0.221 e. The second-order valence-electron chi connectivity index (χ2n) is 4.77. The molecule has 2 aliphatic rings. The third kappa shape index (κ3) is 3.47. The summed E-state index contributed by atoms with van der Waals surface area (Å²) in [6.45, 7) is 4.09. The summed E-state index contributed by atoms with van der Waals surface area (Å²) in [6.07, 6.45) is 4.76. The van der Waals surface area contributed by atoms with Crippen LogP contribution in [-0.2, 0) is 4.79 Å². The maximum absolute atomic E-state index is 11.1. The molecule has 15 heavy (non-hydrogen) atoms. The monoisotopic (exact) mass is 211 g/mol. The van der Waals surface area contributed by atoms with Crippen LogP contribution in [0.5, 0.6) is 0 Å². The number of rotatable bonds is 5. The van der Waals surface area contributed by atoms with Crippen LogP contribution in [0.3, 0.4) is 0 Å². The summed E-state index contributed by atoms with van der Waals surface area (Å²) in [5, 5.41) is 3.49. The molecule has 0 radical (unpaired) electrons. The first-order valence-corrected chi connectivity index (χ1v) is 6.01. The zero-order valence-electron chi connectivity index (χ0n) is 9.24. The average molecular weight is 211 g/mol. The summed E-state index contributed by atoms with van der Waals surface area (Å²) >= 11 is 0. The highest BCUT2D eigenvalue weighted by Gasteiger charge is 2.24. The van der Waals surface area contributed by atoms with E-state index in [1.54, 1.807) is 0 Å². The van der Waals surface area contributed by atoms with Crippen molar-refractivity contribution in [1.29, 1.82) is 0 Å². The molecule has 2 fully saturated rings. The molecule has 1 amide bonds. The van der Waals surface area contributed by atoms with Crippen LogP contribution in [0.4, 0.5) is 0 Å². The highest BCUT2D eigenvalue weighted by Crippen LogP contribution is 2.18. The Morgan fingerprint density at radius 1 is 1.40 bits per heavy atom.